The molecule has 3 N–H and O–H groups in total. The molecule has 0 aromatic heterocycles. The molecule has 2 rings (SSSR count). The van der Waals surface area contributed by atoms with Gasteiger partial charge in [0.25, 0.3) is 5.69 Å². The number of benzene rings is 1. The van der Waals surface area contributed by atoms with Gasteiger partial charge < -0.3 is 20.5 Å². The fourth-order valence-electron chi connectivity index (χ4n) is 2.91. The molecule has 0 amide bonds. The molecule has 146 valence electrons. The third kappa shape index (κ3) is 6.36. The second kappa shape index (κ2) is 11.3. The van der Waals surface area contributed by atoms with Crippen molar-refractivity contribution in [2.24, 2.45) is 10.4 Å². The number of hydrogen-bond acceptors (Lipinski definition) is 5. The van der Waals surface area contributed by atoms with Crippen molar-refractivity contribution in [1.82, 2.24) is 10.6 Å². The minimum Gasteiger partial charge on any atom is -0.396 e. The zero-order valence-electron chi connectivity index (χ0n) is 14.9. The highest BCUT2D eigenvalue weighted by Gasteiger charge is 2.34. The summed E-state index contributed by atoms with van der Waals surface area (Å²) in [5.74, 6) is 0.602. The molecule has 9 heteroatoms. The molecule has 1 fully saturated rings. The normalized spacial score (nSPS) is 19.7. The lowest BCUT2D eigenvalue weighted by atomic mass is 9.84. The van der Waals surface area contributed by atoms with Gasteiger partial charge in [0.2, 0.25) is 0 Å². The van der Waals surface area contributed by atoms with Gasteiger partial charge in [0, 0.05) is 37.8 Å². The molecular weight excluding hydrogens is 451 g/mol. The molecule has 0 aliphatic carbocycles. The van der Waals surface area contributed by atoms with E-state index in [4.69, 9.17) is 4.74 Å². The highest BCUT2D eigenvalue weighted by Crippen LogP contribution is 2.31. The molecule has 8 nitrogen and oxygen atoms in total. The lowest BCUT2D eigenvalue weighted by Gasteiger charge is -2.27. The van der Waals surface area contributed by atoms with Crippen molar-refractivity contribution in [2.75, 3.05) is 32.9 Å². The van der Waals surface area contributed by atoms with Crippen molar-refractivity contribution >= 4 is 35.6 Å². The molecule has 0 bridgehead atoms. The van der Waals surface area contributed by atoms with Crippen LogP contribution in [-0.2, 0) is 11.3 Å². The van der Waals surface area contributed by atoms with E-state index in [1.165, 1.54) is 6.07 Å². The molecule has 1 atom stereocenters. The topological polar surface area (TPSA) is 109 Å². The predicted molar refractivity (Wildman–Crippen MR) is 111 cm³/mol. The summed E-state index contributed by atoms with van der Waals surface area (Å²) in [6.07, 6.45) is 1.56. The van der Waals surface area contributed by atoms with Crippen LogP contribution in [0.3, 0.4) is 0 Å². The Kier molecular flexibility index (Phi) is 9.81. The van der Waals surface area contributed by atoms with E-state index in [1.54, 1.807) is 18.2 Å². The van der Waals surface area contributed by atoms with Crippen LogP contribution in [0.1, 0.15) is 25.3 Å². The van der Waals surface area contributed by atoms with Crippen LogP contribution in [-0.4, -0.2) is 48.9 Å². The second-order valence-corrected chi connectivity index (χ2v) is 6.21. The third-order valence-electron chi connectivity index (χ3n) is 4.40. The van der Waals surface area contributed by atoms with E-state index in [0.29, 0.717) is 44.2 Å². The number of ether oxygens (including phenoxy) is 1. The number of guanidine groups is 1. The van der Waals surface area contributed by atoms with Gasteiger partial charge in [-0.15, -0.1) is 24.0 Å². The van der Waals surface area contributed by atoms with E-state index in [2.05, 4.69) is 15.6 Å². The molecule has 1 heterocycles. The largest absolute Gasteiger partial charge is 0.396 e. The van der Waals surface area contributed by atoms with Gasteiger partial charge in [-0.25, -0.2) is 4.99 Å². The fourth-order valence-corrected chi connectivity index (χ4v) is 2.91. The summed E-state index contributed by atoms with van der Waals surface area (Å²) in [4.78, 5) is 15.2. The average molecular weight is 478 g/mol. The maximum Gasteiger partial charge on any atom is 0.274 e. The van der Waals surface area contributed by atoms with Crippen molar-refractivity contribution in [2.45, 2.75) is 26.3 Å². The SMILES string of the molecule is CCNC(=NCc1ccccc1[N+](=O)[O-])NCC1(CCO)CCOC1.I. The zero-order chi connectivity index (χ0) is 18.1. The molecule has 0 saturated carbocycles. The Morgan fingerprint density at radius 1 is 1.42 bits per heavy atom. The summed E-state index contributed by atoms with van der Waals surface area (Å²) in [5, 5.41) is 26.8. The van der Waals surface area contributed by atoms with E-state index in [0.717, 1.165) is 6.42 Å². The molecule has 0 radical (unpaired) electrons. The number of nitrogens with zero attached hydrogens (tertiary/aromatic N) is 2. The molecule has 1 aromatic carbocycles. The van der Waals surface area contributed by atoms with Crippen molar-refractivity contribution in [3.8, 4) is 0 Å². The molecule has 1 aliphatic heterocycles. The van der Waals surface area contributed by atoms with Crippen LogP contribution in [0.2, 0.25) is 0 Å². The summed E-state index contributed by atoms with van der Waals surface area (Å²) < 4.78 is 5.49. The van der Waals surface area contributed by atoms with Gasteiger partial charge in [-0.2, -0.15) is 0 Å². The predicted octanol–water partition coefficient (Wildman–Crippen LogP) is 2.06. The summed E-state index contributed by atoms with van der Waals surface area (Å²) in [6, 6.07) is 6.61. The van der Waals surface area contributed by atoms with E-state index in [1.807, 2.05) is 6.92 Å². The second-order valence-electron chi connectivity index (χ2n) is 6.21. The summed E-state index contributed by atoms with van der Waals surface area (Å²) in [7, 11) is 0. The summed E-state index contributed by atoms with van der Waals surface area (Å²) in [6.45, 7) is 4.94. The molecule has 26 heavy (non-hydrogen) atoms. The Morgan fingerprint density at radius 2 is 2.19 bits per heavy atom. The van der Waals surface area contributed by atoms with Crippen LogP contribution in [0.5, 0.6) is 0 Å². The Morgan fingerprint density at radius 3 is 2.81 bits per heavy atom. The van der Waals surface area contributed by atoms with Gasteiger partial charge in [0.1, 0.15) is 0 Å². The van der Waals surface area contributed by atoms with Crippen LogP contribution in [0.4, 0.5) is 5.69 Å². The smallest absolute Gasteiger partial charge is 0.274 e. The first kappa shape index (κ1) is 22.6. The number of aliphatic imine (C=N–C) groups is 1. The van der Waals surface area contributed by atoms with Crippen molar-refractivity contribution in [3.63, 3.8) is 0 Å². The first-order valence-corrected chi connectivity index (χ1v) is 8.53. The maximum absolute atomic E-state index is 11.1. The van der Waals surface area contributed by atoms with Crippen LogP contribution in [0, 0.1) is 15.5 Å². The molecule has 1 unspecified atom stereocenters. The number of nitrogens with one attached hydrogen (secondary N) is 2. The Bertz CT molecular complexity index is 606. The van der Waals surface area contributed by atoms with Crippen LogP contribution >= 0.6 is 24.0 Å². The summed E-state index contributed by atoms with van der Waals surface area (Å²) >= 11 is 0. The standard InChI is InChI=1S/C17H26N4O4.HI/c1-2-18-16(20-12-17(7-9-22)8-10-25-13-17)19-11-14-5-3-4-6-15(14)21(23)24;/h3-6,22H,2,7-13H2,1H3,(H2,18,19,20);1H. The lowest BCUT2D eigenvalue weighted by Crippen LogP contribution is -2.44. The molecule has 1 saturated heterocycles. The number of nitro groups is 1. The molecule has 1 aromatic rings. The molecule has 1 aliphatic rings. The van der Waals surface area contributed by atoms with Crippen molar-refractivity contribution in [1.29, 1.82) is 0 Å². The van der Waals surface area contributed by atoms with Gasteiger partial charge in [0.15, 0.2) is 5.96 Å². The third-order valence-corrected chi connectivity index (χ3v) is 4.40. The van der Waals surface area contributed by atoms with Gasteiger partial charge in [0.05, 0.1) is 23.6 Å². The number of nitro benzene ring substituents is 1. The first-order chi connectivity index (χ1) is 12.1. The number of hydrogen-bond donors (Lipinski definition) is 3. The van der Waals surface area contributed by atoms with E-state index < -0.39 is 4.92 Å². The Labute approximate surface area is 170 Å². The monoisotopic (exact) mass is 478 g/mol. The number of halogens is 1. The van der Waals surface area contributed by atoms with Crippen molar-refractivity contribution in [3.05, 3.63) is 39.9 Å². The van der Waals surface area contributed by atoms with Gasteiger partial charge >= 0.3 is 0 Å². The quantitative estimate of drug-likeness (QED) is 0.174. The lowest BCUT2D eigenvalue weighted by molar-refractivity contribution is -0.385. The highest BCUT2D eigenvalue weighted by molar-refractivity contribution is 14.0. The highest BCUT2D eigenvalue weighted by atomic mass is 127. The minimum atomic E-state index is -0.392. The van der Waals surface area contributed by atoms with Crippen molar-refractivity contribution < 1.29 is 14.8 Å². The number of aliphatic hydroxyl groups is 1. The van der Waals surface area contributed by atoms with Gasteiger partial charge in [-0.1, -0.05) is 18.2 Å². The van der Waals surface area contributed by atoms with Crippen LogP contribution in [0.15, 0.2) is 29.3 Å². The van der Waals surface area contributed by atoms with Gasteiger partial charge in [-0.3, -0.25) is 10.1 Å². The Balaban J connectivity index is 0.00000338. The number of aliphatic hydroxyl groups excluding tert-OH is 1. The number of rotatable bonds is 8. The molecular formula is C17H27IN4O4. The number of para-hydroxylation sites is 1. The maximum atomic E-state index is 11.1. The van der Waals surface area contributed by atoms with Crippen LogP contribution in [0.25, 0.3) is 0 Å². The first-order valence-electron chi connectivity index (χ1n) is 8.53. The fraction of sp³-hybridized carbons (Fsp3) is 0.588. The van der Waals surface area contributed by atoms with Gasteiger partial charge in [-0.05, 0) is 19.8 Å². The van der Waals surface area contributed by atoms with E-state index in [9.17, 15) is 15.2 Å². The van der Waals surface area contributed by atoms with Crippen LogP contribution < -0.4 is 10.6 Å². The van der Waals surface area contributed by atoms with E-state index >= 15 is 0 Å². The molecule has 0 spiro atoms. The minimum absolute atomic E-state index is 0. The summed E-state index contributed by atoms with van der Waals surface area (Å²) in [5.41, 5.74) is 0.547. The Hall–Kier alpha value is -1.46. The van der Waals surface area contributed by atoms with E-state index in [-0.39, 0.29) is 48.2 Å². The average Bonchev–Trinajstić information content (AvgIpc) is 3.07. The zero-order valence-corrected chi connectivity index (χ0v) is 17.3.